The number of nitrogens with one attached hydrogen (secondary N) is 1. The van der Waals surface area contributed by atoms with E-state index in [1.165, 1.54) is 11.3 Å². The van der Waals surface area contributed by atoms with E-state index in [0.29, 0.717) is 10.8 Å². The predicted octanol–water partition coefficient (Wildman–Crippen LogP) is 2.92. The summed E-state index contributed by atoms with van der Waals surface area (Å²) in [5, 5.41) is 3.27. The van der Waals surface area contributed by atoms with Crippen LogP contribution < -0.4 is 10.1 Å². The summed E-state index contributed by atoms with van der Waals surface area (Å²) in [5.41, 5.74) is 0.878. The standard InChI is InChI=1S/C19H18N2O4S/c1-13(20-17(22)11-24-14-7-3-2-4-8-14)19(23)25-12-18-21-15-9-5-6-10-16(15)26-18/h2-10,13H,11-12H2,1H3,(H,20,22)/t13-/m0/s1. The van der Waals surface area contributed by atoms with Gasteiger partial charge < -0.3 is 14.8 Å². The summed E-state index contributed by atoms with van der Waals surface area (Å²) in [5.74, 6) is -0.315. The molecule has 1 aromatic heterocycles. The molecule has 3 rings (SSSR count). The molecule has 0 aliphatic heterocycles. The Balaban J connectivity index is 1.44. The van der Waals surface area contributed by atoms with Gasteiger partial charge in [0.1, 0.15) is 23.4 Å². The van der Waals surface area contributed by atoms with Crippen LogP contribution in [0.4, 0.5) is 0 Å². The van der Waals surface area contributed by atoms with Gasteiger partial charge in [-0.3, -0.25) is 4.79 Å². The summed E-state index contributed by atoms with van der Waals surface area (Å²) in [6.07, 6.45) is 0. The Morgan fingerprint density at radius 1 is 1.12 bits per heavy atom. The van der Waals surface area contributed by atoms with E-state index in [1.807, 2.05) is 42.5 Å². The van der Waals surface area contributed by atoms with E-state index >= 15 is 0 Å². The third kappa shape index (κ3) is 4.80. The third-order valence-corrected chi connectivity index (χ3v) is 4.53. The van der Waals surface area contributed by atoms with Gasteiger partial charge in [-0.15, -0.1) is 11.3 Å². The Hall–Kier alpha value is -2.93. The van der Waals surface area contributed by atoms with Crippen LogP contribution in [0.3, 0.4) is 0 Å². The second-order valence-corrected chi connectivity index (χ2v) is 6.69. The van der Waals surface area contributed by atoms with Crippen LogP contribution in [0.1, 0.15) is 11.9 Å². The number of nitrogens with zero attached hydrogens (tertiary/aromatic N) is 1. The van der Waals surface area contributed by atoms with Gasteiger partial charge in [0.05, 0.1) is 10.2 Å². The lowest BCUT2D eigenvalue weighted by molar-refractivity contribution is -0.148. The zero-order valence-corrected chi connectivity index (χ0v) is 15.0. The maximum Gasteiger partial charge on any atom is 0.328 e. The Morgan fingerprint density at radius 2 is 1.85 bits per heavy atom. The van der Waals surface area contributed by atoms with Crippen molar-refractivity contribution in [1.29, 1.82) is 0 Å². The van der Waals surface area contributed by atoms with Gasteiger partial charge in [0, 0.05) is 0 Å². The van der Waals surface area contributed by atoms with Gasteiger partial charge in [0.25, 0.3) is 5.91 Å². The number of esters is 1. The van der Waals surface area contributed by atoms with Crippen molar-refractivity contribution in [3.8, 4) is 5.75 Å². The van der Waals surface area contributed by atoms with Gasteiger partial charge in [0.2, 0.25) is 0 Å². The fourth-order valence-electron chi connectivity index (χ4n) is 2.25. The Bertz CT molecular complexity index is 862. The van der Waals surface area contributed by atoms with Crippen molar-refractivity contribution in [2.45, 2.75) is 19.6 Å². The number of carbonyl (C=O) groups is 2. The summed E-state index contributed by atoms with van der Waals surface area (Å²) in [7, 11) is 0. The molecule has 26 heavy (non-hydrogen) atoms. The van der Waals surface area contributed by atoms with Gasteiger partial charge >= 0.3 is 5.97 Å². The Kier molecular flexibility index (Phi) is 5.80. The van der Waals surface area contributed by atoms with Gasteiger partial charge in [-0.05, 0) is 31.2 Å². The van der Waals surface area contributed by atoms with E-state index < -0.39 is 17.9 Å². The first-order chi connectivity index (χ1) is 12.6. The highest BCUT2D eigenvalue weighted by Crippen LogP contribution is 2.22. The zero-order chi connectivity index (χ0) is 18.4. The summed E-state index contributed by atoms with van der Waals surface area (Å²) in [6.45, 7) is 1.49. The normalized spacial score (nSPS) is 11.7. The summed E-state index contributed by atoms with van der Waals surface area (Å²) >= 11 is 1.47. The molecule has 0 bridgehead atoms. The number of hydrogen-bond acceptors (Lipinski definition) is 6. The molecule has 1 N–H and O–H groups in total. The van der Waals surface area contributed by atoms with E-state index in [4.69, 9.17) is 9.47 Å². The van der Waals surface area contributed by atoms with Crippen LogP contribution in [0.15, 0.2) is 54.6 Å². The van der Waals surface area contributed by atoms with E-state index in [2.05, 4.69) is 10.3 Å². The molecule has 7 heteroatoms. The highest BCUT2D eigenvalue weighted by atomic mass is 32.1. The molecule has 1 amide bonds. The van der Waals surface area contributed by atoms with Gasteiger partial charge in [-0.2, -0.15) is 0 Å². The van der Waals surface area contributed by atoms with Crippen LogP contribution in [0.2, 0.25) is 0 Å². The van der Waals surface area contributed by atoms with Gasteiger partial charge in [0.15, 0.2) is 6.61 Å². The molecular weight excluding hydrogens is 352 g/mol. The average molecular weight is 370 g/mol. The Morgan fingerprint density at radius 3 is 2.62 bits per heavy atom. The van der Waals surface area contributed by atoms with Gasteiger partial charge in [-0.25, -0.2) is 9.78 Å². The fourth-order valence-corrected chi connectivity index (χ4v) is 3.13. The molecule has 3 aromatic rings. The number of aromatic nitrogens is 1. The molecule has 0 spiro atoms. The monoisotopic (exact) mass is 370 g/mol. The van der Waals surface area contributed by atoms with Crippen molar-refractivity contribution in [3.05, 3.63) is 59.6 Å². The molecule has 0 fully saturated rings. The number of amides is 1. The van der Waals surface area contributed by atoms with Crippen molar-refractivity contribution in [2.75, 3.05) is 6.61 Å². The first-order valence-electron chi connectivity index (χ1n) is 8.10. The van der Waals surface area contributed by atoms with E-state index in [-0.39, 0.29) is 13.2 Å². The third-order valence-electron chi connectivity index (χ3n) is 3.52. The van der Waals surface area contributed by atoms with Crippen molar-refractivity contribution < 1.29 is 19.1 Å². The molecule has 1 atom stereocenters. The van der Waals surface area contributed by atoms with E-state index in [9.17, 15) is 9.59 Å². The van der Waals surface area contributed by atoms with Crippen LogP contribution in [0.25, 0.3) is 10.2 Å². The molecule has 2 aromatic carbocycles. The quantitative estimate of drug-likeness (QED) is 0.647. The molecule has 0 unspecified atom stereocenters. The van der Waals surface area contributed by atoms with E-state index in [0.717, 1.165) is 10.2 Å². The molecular formula is C19H18N2O4S. The number of benzene rings is 2. The van der Waals surface area contributed by atoms with Crippen LogP contribution in [-0.2, 0) is 20.9 Å². The fraction of sp³-hybridized carbons (Fsp3) is 0.211. The molecule has 6 nitrogen and oxygen atoms in total. The first kappa shape index (κ1) is 17.9. The van der Waals surface area contributed by atoms with Crippen molar-refractivity contribution in [1.82, 2.24) is 10.3 Å². The number of fused-ring (bicyclic) bond motifs is 1. The number of rotatable bonds is 7. The van der Waals surface area contributed by atoms with Crippen LogP contribution in [0.5, 0.6) is 5.75 Å². The minimum atomic E-state index is -0.767. The smallest absolute Gasteiger partial charge is 0.328 e. The maximum atomic E-state index is 12.0. The average Bonchev–Trinajstić information content (AvgIpc) is 3.08. The second-order valence-electron chi connectivity index (χ2n) is 5.57. The lowest BCUT2D eigenvalue weighted by atomic mass is 10.3. The largest absolute Gasteiger partial charge is 0.484 e. The van der Waals surface area contributed by atoms with Crippen LogP contribution in [-0.4, -0.2) is 29.5 Å². The molecule has 0 saturated carbocycles. The van der Waals surface area contributed by atoms with Crippen LogP contribution in [0, 0.1) is 0 Å². The minimum absolute atomic E-state index is 0.0822. The number of para-hydroxylation sites is 2. The van der Waals surface area contributed by atoms with Gasteiger partial charge in [-0.1, -0.05) is 30.3 Å². The molecule has 0 aliphatic carbocycles. The summed E-state index contributed by atoms with van der Waals surface area (Å²) < 4.78 is 11.6. The maximum absolute atomic E-state index is 12.0. The van der Waals surface area contributed by atoms with E-state index in [1.54, 1.807) is 19.1 Å². The first-order valence-corrected chi connectivity index (χ1v) is 8.92. The second kappa shape index (κ2) is 8.44. The number of carbonyl (C=O) groups excluding carboxylic acids is 2. The highest BCUT2D eigenvalue weighted by Gasteiger charge is 2.18. The SMILES string of the molecule is C[C@H](NC(=O)COc1ccccc1)C(=O)OCc1nc2ccccc2s1. The van der Waals surface area contributed by atoms with Crippen molar-refractivity contribution >= 4 is 33.4 Å². The van der Waals surface area contributed by atoms with Crippen molar-refractivity contribution in [3.63, 3.8) is 0 Å². The molecule has 0 saturated heterocycles. The Labute approximate surface area is 154 Å². The summed E-state index contributed by atoms with van der Waals surface area (Å²) in [6, 6.07) is 15.9. The molecule has 0 radical (unpaired) electrons. The topological polar surface area (TPSA) is 77.5 Å². The van der Waals surface area contributed by atoms with Crippen molar-refractivity contribution in [2.24, 2.45) is 0 Å². The molecule has 1 heterocycles. The minimum Gasteiger partial charge on any atom is -0.484 e. The lowest BCUT2D eigenvalue weighted by Gasteiger charge is -2.13. The predicted molar refractivity (Wildman–Crippen MR) is 99.0 cm³/mol. The number of ether oxygens (including phenoxy) is 2. The van der Waals surface area contributed by atoms with Crippen LogP contribution >= 0.6 is 11.3 Å². The summed E-state index contributed by atoms with van der Waals surface area (Å²) in [4.78, 5) is 28.3. The zero-order valence-electron chi connectivity index (χ0n) is 14.2. The number of thiazole rings is 1. The lowest BCUT2D eigenvalue weighted by Crippen LogP contribution is -2.41. The number of hydrogen-bond donors (Lipinski definition) is 1. The molecule has 0 aliphatic rings. The highest BCUT2D eigenvalue weighted by molar-refractivity contribution is 7.18. The molecule has 134 valence electrons.